The first-order valence-electron chi connectivity index (χ1n) is 9.78. The fourth-order valence-electron chi connectivity index (χ4n) is 4.90. The molecule has 21 heavy (non-hydrogen) atoms. The van der Waals surface area contributed by atoms with E-state index < -0.39 is 0 Å². The van der Waals surface area contributed by atoms with Crippen molar-refractivity contribution in [1.82, 2.24) is 0 Å². The number of allylic oxidation sites excluding steroid dienone is 1. The Kier molecular flexibility index (Phi) is 8.60. The molecule has 0 atom stereocenters. The van der Waals surface area contributed by atoms with Gasteiger partial charge in [0.2, 0.25) is 0 Å². The second-order valence-corrected chi connectivity index (χ2v) is 7.53. The Morgan fingerprint density at radius 1 is 0.762 bits per heavy atom. The molecule has 0 aliphatic heterocycles. The Labute approximate surface area is 134 Å². The van der Waals surface area contributed by atoms with Crippen LogP contribution in [0.15, 0.2) is 12.1 Å². The van der Waals surface area contributed by atoms with Crippen molar-refractivity contribution < 1.29 is 0 Å². The van der Waals surface area contributed by atoms with Crippen LogP contribution in [0.5, 0.6) is 0 Å². The zero-order chi connectivity index (χ0) is 14.8. The standard InChI is InChI=1S/C20H35B/c21-17-11-3-1-2-10-16-20(18-12-6-4-7-13-18)19-14-8-5-9-15-19/h11,17-20H,1-10,12-16H2. The van der Waals surface area contributed by atoms with Crippen LogP contribution >= 0.6 is 0 Å². The summed E-state index contributed by atoms with van der Waals surface area (Å²) in [6, 6.07) is 0. The van der Waals surface area contributed by atoms with Crippen molar-refractivity contribution in [3.63, 3.8) is 0 Å². The molecule has 0 amide bonds. The largest absolute Gasteiger partial charge is 0.135 e. The molecule has 0 spiro atoms. The van der Waals surface area contributed by atoms with Gasteiger partial charge in [-0.1, -0.05) is 83.1 Å². The maximum Gasteiger partial charge on any atom is 0.102 e. The molecule has 0 aromatic rings. The smallest absolute Gasteiger partial charge is 0.102 e. The van der Waals surface area contributed by atoms with Gasteiger partial charge in [0.05, 0.1) is 0 Å². The predicted molar refractivity (Wildman–Crippen MR) is 94.6 cm³/mol. The summed E-state index contributed by atoms with van der Waals surface area (Å²) in [5.41, 5.74) is 0. The van der Waals surface area contributed by atoms with Crippen LogP contribution in [0.4, 0.5) is 0 Å². The van der Waals surface area contributed by atoms with Gasteiger partial charge in [-0.2, -0.15) is 0 Å². The van der Waals surface area contributed by atoms with Gasteiger partial charge in [0.15, 0.2) is 0 Å². The summed E-state index contributed by atoms with van der Waals surface area (Å²) in [6.07, 6.45) is 24.2. The highest BCUT2D eigenvalue weighted by Crippen LogP contribution is 2.42. The van der Waals surface area contributed by atoms with E-state index in [1.54, 1.807) is 5.98 Å². The fraction of sp³-hybridized carbons (Fsp3) is 0.900. The van der Waals surface area contributed by atoms with Crippen LogP contribution < -0.4 is 0 Å². The first-order valence-corrected chi connectivity index (χ1v) is 9.78. The summed E-state index contributed by atoms with van der Waals surface area (Å²) in [4.78, 5) is 0. The number of hydrogen-bond acceptors (Lipinski definition) is 0. The van der Waals surface area contributed by atoms with Crippen LogP contribution in [0.25, 0.3) is 0 Å². The zero-order valence-corrected chi connectivity index (χ0v) is 14.1. The highest BCUT2D eigenvalue weighted by molar-refractivity contribution is 6.16. The summed E-state index contributed by atoms with van der Waals surface area (Å²) < 4.78 is 0. The molecule has 2 radical (unpaired) electrons. The average molecular weight is 286 g/mol. The lowest BCUT2D eigenvalue weighted by atomic mass is 9.68. The predicted octanol–water partition coefficient (Wildman–Crippen LogP) is 6.40. The highest BCUT2D eigenvalue weighted by Gasteiger charge is 2.30. The molecule has 118 valence electrons. The third-order valence-corrected chi connectivity index (χ3v) is 6.05. The van der Waals surface area contributed by atoms with Crippen LogP contribution in [-0.2, 0) is 0 Å². The van der Waals surface area contributed by atoms with Gasteiger partial charge in [-0.05, 0) is 37.0 Å². The van der Waals surface area contributed by atoms with E-state index >= 15 is 0 Å². The maximum atomic E-state index is 5.41. The normalized spacial score (nSPS) is 22.3. The first kappa shape index (κ1) is 17.2. The molecule has 0 nitrogen and oxygen atoms in total. The zero-order valence-electron chi connectivity index (χ0n) is 14.1. The van der Waals surface area contributed by atoms with Gasteiger partial charge in [-0.15, -0.1) is 5.98 Å². The van der Waals surface area contributed by atoms with E-state index in [0.29, 0.717) is 0 Å². The lowest BCUT2D eigenvalue weighted by Crippen LogP contribution is -2.27. The van der Waals surface area contributed by atoms with Crippen molar-refractivity contribution >= 4 is 7.85 Å². The molecule has 1 heteroatoms. The third-order valence-electron chi connectivity index (χ3n) is 6.05. The summed E-state index contributed by atoms with van der Waals surface area (Å²) in [5.74, 6) is 4.92. The quantitative estimate of drug-likeness (QED) is 0.358. The van der Waals surface area contributed by atoms with Crippen molar-refractivity contribution in [2.45, 2.75) is 96.3 Å². The molecule has 0 bridgehead atoms. The van der Waals surface area contributed by atoms with Gasteiger partial charge in [-0.25, -0.2) is 0 Å². The Balaban J connectivity index is 1.76. The molecular weight excluding hydrogens is 251 g/mol. The van der Waals surface area contributed by atoms with Crippen LogP contribution in [0.3, 0.4) is 0 Å². The van der Waals surface area contributed by atoms with Gasteiger partial charge >= 0.3 is 0 Å². The minimum atomic E-state index is 1.07. The van der Waals surface area contributed by atoms with E-state index in [1.807, 2.05) is 0 Å². The van der Waals surface area contributed by atoms with Crippen molar-refractivity contribution in [2.75, 3.05) is 0 Å². The lowest BCUT2D eigenvalue weighted by Gasteiger charge is -2.38. The Morgan fingerprint density at radius 2 is 1.33 bits per heavy atom. The number of unbranched alkanes of at least 4 members (excludes halogenated alkanes) is 3. The van der Waals surface area contributed by atoms with Gasteiger partial charge in [-0.3, -0.25) is 0 Å². The Bertz CT molecular complexity index is 254. The minimum Gasteiger partial charge on any atom is -0.135 e. The molecule has 0 saturated heterocycles. The number of hydrogen-bond donors (Lipinski definition) is 0. The van der Waals surface area contributed by atoms with Gasteiger partial charge in [0.25, 0.3) is 0 Å². The molecule has 0 aromatic heterocycles. The monoisotopic (exact) mass is 286 g/mol. The summed E-state index contributed by atoms with van der Waals surface area (Å²) in [7, 11) is 5.41. The average Bonchev–Trinajstić information content (AvgIpc) is 2.56. The van der Waals surface area contributed by atoms with Crippen molar-refractivity contribution in [1.29, 1.82) is 0 Å². The molecule has 2 saturated carbocycles. The van der Waals surface area contributed by atoms with Gasteiger partial charge < -0.3 is 0 Å². The Hall–Kier alpha value is -0.195. The molecule has 0 heterocycles. The first-order chi connectivity index (χ1) is 10.4. The summed E-state index contributed by atoms with van der Waals surface area (Å²) in [5, 5.41) is 0. The molecule has 2 aliphatic carbocycles. The fourth-order valence-corrected chi connectivity index (χ4v) is 4.90. The minimum absolute atomic E-state index is 1.07. The van der Waals surface area contributed by atoms with E-state index in [4.69, 9.17) is 7.85 Å². The van der Waals surface area contributed by atoms with Gasteiger partial charge in [0, 0.05) is 0 Å². The lowest BCUT2D eigenvalue weighted by molar-refractivity contribution is 0.132. The SMILES string of the molecule is [B]C=CCCCCCC(C1CCCCC1)C1CCCCC1. The van der Waals surface area contributed by atoms with Gasteiger partial charge in [0.1, 0.15) is 7.85 Å². The second kappa shape index (κ2) is 10.5. The van der Waals surface area contributed by atoms with E-state index in [2.05, 4.69) is 6.08 Å². The van der Waals surface area contributed by atoms with Crippen LogP contribution in [0.2, 0.25) is 0 Å². The highest BCUT2D eigenvalue weighted by atomic mass is 14.4. The molecular formula is C20H35B. The second-order valence-electron chi connectivity index (χ2n) is 7.53. The molecule has 2 rings (SSSR count). The number of rotatable bonds is 8. The molecule has 2 aliphatic rings. The van der Waals surface area contributed by atoms with Crippen LogP contribution in [-0.4, -0.2) is 7.85 Å². The summed E-state index contributed by atoms with van der Waals surface area (Å²) >= 11 is 0. The van der Waals surface area contributed by atoms with Crippen molar-refractivity contribution in [2.24, 2.45) is 17.8 Å². The maximum absolute atomic E-state index is 5.41. The topological polar surface area (TPSA) is 0 Å². The molecule has 0 unspecified atom stereocenters. The van der Waals surface area contributed by atoms with Crippen LogP contribution in [0.1, 0.15) is 96.3 Å². The van der Waals surface area contributed by atoms with Crippen molar-refractivity contribution in [3.05, 3.63) is 12.1 Å². The Morgan fingerprint density at radius 3 is 1.86 bits per heavy atom. The van der Waals surface area contributed by atoms with Crippen molar-refractivity contribution in [3.8, 4) is 0 Å². The van der Waals surface area contributed by atoms with E-state index in [1.165, 1.54) is 96.3 Å². The third kappa shape index (κ3) is 6.21. The molecule has 0 aromatic carbocycles. The van der Waals surface area contributed by atoms with E-state index in [-0.39, 0.29) is 0 Å². The van der Waals surface area contributed by atoms with E-state index in [9.17, 15) is 0 Å². The van der Waals surface area contributed by atoms with Crippen LogP contribution in [0, 0.1) is 17.8 Å². The molecule has 0 N–H and O–H groups in total. The molecule has 2 fully saturated rings. The summed E-state index contributed by atoms with van der Waals surface area (Å²) in [6.45, 7) is 0. The van der Waals surface area contributed by atoms with E-state index in [0.717, 1.165) is 17.8 Å².